The van der Waals surface area contributed by atoms with Crippen molar-refractivity contribution >= 4 is 64.6 Å². The quantitative estimate of drug-likeness (QED) is 0.175. The number of fused-ring (bicyclic) bond motifs is 16. The normalized spacial score (nSPS) is 16.5. The van der Waals surface area contributed by atoms with Crippen LogP contribution in [0.1, 0.15) is 95.2 Å². The first-order chi connectivity index (χ1) is 41.2. The molecule has 2 heteroatoms. The third kappa shape index (κ3) is 5.90. The number of benzene rings is 13. The fourth-order valence-electron chi connectivity index (χ4n) is 16.8. The van der Waals surface area contributed by atoms with E-state index in [0.717, 1.165) is 23.0 Å². The van der Waals surface area contributed by atoms with E-state index in [0.29, 0.717) is 0 Å². The lowest BCUT2D eigenvalue weighted by atomic mass is 9.76. The van der Waals surface area contributed by atoms with Crippen LogP contribution in [-0.4, -0.2) is 0 Å². The minimum Gasteiger partial charge on any atom is -0.457 e. The van der Waals surface area contributed by atoms with Gasteiger partial charge in [-0.15, -0.1) is 0 Å². The molecular weight excluding hydrogens is 1020 g/mol. The fourth-order valence-corrected chi connectivity index (χ4v) is 16.8. The smallest absolute Gasteiger partial charge is 0.132 e. The first-order valence-corrected chi connectivity index (χ1v) is 29.8. The molecular formula is C82H54O2. The summed E-state index contributed by atoms with van der Waals surface area (Å²) in [5.41, 5.74) is 22.7. The van der Waals surface area contributed by atoms with Crippen LogP contribution in [0.2, 0.25) is 0 Å². The van der Waals surface area contributed by atoms with Crippen molar-refractivity contribution in [1.82, 2.24) is 0 Å². The van der Waals surface area contributed by atoms with Gasteiger partial charge in [-0.25, -0.2) is 0 Å². The summed E-state index contributed by atoms with van der Waals surface area (Å²) in [6.07, 6.45) is 0. The molecule has 0 saturated heterocycles. The van der Waals surface area contributed by atoms with Crippen molar-refractivity contribution in [1.29, 1.82) is 0 Å². The highest BCUT2D eigenvalue weighted by Crippen LogP contribution is 2.61. The van der Waals surface area contributed by atoms with E-state index >= 15 is 0 Å². The Kier molecular flexibility index (Phi) is 9.08. The maximum Gasteiger partial charge on any atom is 0.132 e. The van der Waals surface area contributed by atoms with Gasteiger partial charge in [-0.1, -0.05) is 234 Å². The largest absolute Gasteiger partial charge is 0.457 e. The summed E-state index contributed by atoms with van der Waals surface area (Å²) in [4.78, 5) is 0. The first-order valence-electron chi connectivity index (χ1n) is 29.8. The number of hydrogen-bond donors (Lipinski definition) is 0. The third-order valence-corrected chi connectivity index (χ3v) is 20.4. The van der Waals surface area contributed by atoms with E-state index in [1.54, 1.807) is 0 Å². The van der Waals surface area contributed by atoms with Crippen LogP contribution in [-0.2, 0) is 10.8 Å². The molecule has 0 saturated carbocycles. The Hall–Kier alpha value is -10.0. The average Bonchev–Trinajstić information content (AvgIpc) is 1.82. The lowest BCUT2D eigenvalue weighted by Gasteiger charge is -2.31. The average molecular weight is 1070 g/mol. The Balaban J connectivity index is 0.902. The molecule has 2 aliphatic carbocycles. The van der Waals surface area contributed by atoms with Crippen molar-refractivity contribution in [2.24, 2.45) is 0 Å². The lowest BCUT2D eigenvalue weighted by molar-refractivity contribution is 0.452. The van der Waals surface area contributed by atoms with Crippen molar-refractivity contribution in [2.75, 3.05) is 0 Å². The first kappa shape index (κ1) is 46.6. The molecule has 0 bridgehead atoms. The summed E-state index contributed by atoms with van der Waals surface area (Å²) in [5, 5.41) is 15.5. The highest BCUT2D eigenvalue weighted by molar-refractivity contribution is 6.46. The Labute approximate surface area is 487 Å². The summed E-state index contributed by atoms with van der Waals surface area (Å²) in [6, 6.07) is 91.6. The van der Waals surface area contributed by atoms with E-state index in [2.05, 4.69) is 270 Å². The molecule has 19 rings (SSSR count). The minimum atomic E-state index is -0.161. The van der Waals surface area contributed by atoms with E-state index in [1.807, 2.05) is 0 Å². The molecule has 2 atom stereocenters. The second kappa shape index (κ2) is 16.4. The Morgan fingerprint density at radius 3 is 1.06 bits per heavy atom. The summed E-state index contributed by atoms with van der Waals surface area (Å²) in [7, 11) is 0. The van der Waals surface area contributed by atoms with Gasteiger partial charge in [-0.3, -0.25) is 0 Å². The lowest BCUT2D eigenvalue weighted by Crippen LogP contribution is -2.17. The van der Waals surface area contributed by atoms with Gasteiger partial charge < -0.3 is 9.47 Å². The van der Waals surface area contributed by atoms with Crippen molar-refractivity contribution in [2.45, 2.75) is 50.4 Å². The molecule has 2 nitrogen and oxygen atoms in total. The molecule has 2 aliphatic heterocycles. The van der Waals surface area contributed by atoms with Gasteiger partial charge in [0.15, 0.2) is 0 Å². The fraction of sp³-hybridized carbons (Fsp3) is 0.0976. The van der Waals surface area contributed by atoms with Gasteiger partial charge in [0, 0.05) is 44.9 Å². The van der Waals surface area contributed by atoms with Gasteiger partial charge in [0.2, 0.25) is 0 Å². The summed E-state index contributed by atoms with van der Waals surface area (Å²) < 4.78 is 14.0. The second-order valence-corrected chi connectivity index (χ2v) is 25.2. The molecule has 0 aromatic heterocycles. The molecule has 4 aliphatic rings. The van der Waals surface area contributed by atoms with Gasteiger partial charge in [0.25, 0.3) is 0 Å². The molecule has 0 amide bonds. The van der Waals surface area contributed by atoms with Crippen LogP contribution < -0.4 is 9.47 Å². The van der Waals surface area contributed by atoms with E-state index in [1.165, 1.54) is 165 Å². The van der Waals surface area contributed by atoms with Crippen LogP contribution in [0.5, 0.6) is 23.0 Å². The van der Waals surface area contributed by atoms with Gasteiger partial charge in [0.05, 0.1) is 0 Å². The van der Waals surface area contributed by atoms with E-state index in [9.17, 15) is 0 Å². The predicted molar refractivity (Wildman–Crippen MR) is 348 cm³/mol. The zero-order chi connectivity index (χ0) is 55.5. The molecule has 0 spiro atoms. The maximum atomic E-state index is 6.99. The van der Waals surface area contributed by atoms with Gasteiger partial charge in [-0.2, -0.15) is 0 Å². The van der Waals surface area contributed by atoms with Crippen LogP contribution in [0, 0.1) is 0 Å². The second-order valence-electron chi connectivity index (χ2n) is 25.2. The van der Waals surface area contributed by atoms with Crippen molar-refractivity contribution in [3.8, 4) is 67.5 Å². The van der Waals surface area contributed by atoms with Crippen LogP contribution in [0.25, 0.3) is 109 Å². The van der Waals surface area contributed by atoms with Crippen molar-refractivity contribution in [3.05, 3.63) is 298 Å². The zero-order valence-corrected chi connectivity index (χ0v) is 47.1. The molecule has 2 heterocycles. The Bertz CT molecular complexity index is 4980. The molecule has 84 heavy (non-hydrogen) atoms. The monoisotopic (exact) mass is 1070 g/mol. The van der Waals surface area contributed by atoms with Gasteiger partial charge >= 0.3 is 0 Å². The van der Waals surface area contributed by atoms with Crippen LogP contribution >= 0.6 is 0 Å². The van der Waals surface area contributed by atoms with Crippen LogP contribution in [0.4, 0.5) is 0 Å². The molecule has 0 radical (unpaired) electrons. The molecule has 0 N–H and O–H groups in total. The van der Waals surface area contributed by atoms with E-state index < -0.39 is 0 Å². The highest BCUT2D eigenvalue weighted by atomic mass is 16.5. The van der Waals surface area contributed by atoms with Gasteiger partial charge in [-0.05, 0) is 179 Å². The van der Waals surface area contributed by atoms with E-state index in [-0.39, 0.29) is 22.7 Å². The molecule has 394 valence electrons. The predicted octanol–water partition coefficient (Wildman–Crippen LogP) is 22.0. The van der Waals surface area contributed by atoms with Gasteiger partial charge in [0.1, 0.15) is 23.0 Å². The summed E-state index contributed by atoms with van der Waals surface area (Å²) in [5.74, 6) is 3.58. The highest BCUT2D eigenvalue weighted by Gasteiger charge is 2.42. The Morgan fingerprint density at radius 2 is 0.619 bits per heavy atom. The molecule has 2 unspecified atom stereocenters. The number of hydrogen-bond acceptors (Lipinski definition) is 2. The maximum absolute atomic E-state index is 6.99. The van der Waals surface area contributed by atoms with Crippen molar-refractivity contribution in [3.63, 3.8) is 0 Å². The standard InChI is InChI=1S/C82H54O2/c1-81(2)63-33-15-11-25-47(63)59-43-69-61(41-65(59)81)73(53-27-13-17-35-67(53)83-69)51-37-39-57-75-49(51)29-19-31-55(75)77-71(45-21-7-5-8-22-45)80-58-40-38-52(50-30-20-32-56(76(50)58)78(80)72(79(57)77)46-23-9-6-10-24-46)74-54-28-14-18-36-68(54)84-70-44-60-48-26-12-16-34-64(48)82(3,4)66(60)42-62(70)74/h5-44,73-74H,1-4H3. The van der Waals surface area contributed by atoms with Crippen molar-refractivity contribution < 1.29 is 9.47 Å². The Morgan fingerprint density at radius 1 is 0.250 bits per heavy atom. The van der Waals surface area contributed by atoms with E-state index in [4.69, 9.17) is 9.47 Å². The number of rotatable bonds is 4. The zero-order valence-electron chi connectivity index (χ0n) is 47.1. The topological polar surface area (TPSA) is 18.5 Å². The number of ether oxygens (including phenoxy) is 2. The van der Waals surface area contributed by atoms with Crippen LogP contribution in [0.15, 0.2) is 243 Å². The minimum absolute atomic E-state index is 0.0630. The molecule has 15 aromatic rings. The number of para-hydroxylation sites is 2. The molecule has 15 aromatic carbocycles. The summed E-state index contributed by atoms with van der Waals surface area (Å²) >= 11 is 0. The molecule has 0 fully saturated rings. The summed E-state index contributed by atoms with van der Waals surface area (Å²) in [6.45, 7) is 9.52. The SMILES string of the molecule is CC1(C)c2ccccc2-c2cc3c(cc21)C(c1ccc2c4c(-c5ccccc5)c5c6cccc7c(C8c9ccccc9Oc9cc%10c(cc98)C(C)(C)c8ccccc8-%10)ccc(c5c(-c5ccccc5)c4c4cccc1c42)c76)c1ccccc1O3. The third-order valence-electron chi connectivity index (χ3n) is 20.4. The van der Waals surface area contributed by atoms with Crippen LogP contribution in [0.3, 0.4) is 0 Å².